The maximum absolute atomic E-state index is 10.1. The second-order valence-electron chi connectivity index (χ2n) is 3.66. The van der Waals surface area contributed by atoms with E-state index < -0.39 is 26.4 Å². The predicted molar refractivity (Wildman–Crippen MR) is 70.2 cm³/mol. The van der Waals surface area contributed by atoms with Gasteiger partial charge in [0, 0.05) is 19.6 Å². The van der Waals surface area contributed by atoms with Crippen LogP contribution in [0.4, 0.5) is 0 Å². The number of carboxylic acids is 1. The molecule has 0 aliphatic rings. The number of aliphatic hydroxyl groups excluding tert-OH is 3. The molecule has 122 valence electrons. The average Bonchev–Trinajstić information content (AvgIpc) is 2.28. The van der Waals surface area contributed by atoms with Gasteiger partial charge in [-0.3, -0.25) is 19.6 Å². The van der Waals surface area contributed by atoms with Crippen LogP contribution < -0.4 is 5.32 Å². The van der Waals surface area contributed by atoms with Crippen molar-refractivity contribution < 1.29 is 39.6 Å². The van der Waals surface area contributed by atoms with Crippen molar-refractivity contribution in [1.29, 1.82) is 0 Å². The molecule has 0 radical (unpaired) electrons. The summed E-state index contributed by atoms with van der Waals surface area (Å²) in [5.74, 6) is -1.14. The average molecular weight is 318 g/mol. The fraction of sp³-hybridized carbons (Fsp3) is 0.889. The molecule has 11 heteroatoms. The van der Waals surface area contributed by atoms with Crippen molar-refractivity contribution in [1.82, 2.24) is 10.2 Å². The Hall–Kier alpha value is -0.580. The van der Waals surface area contributed by atoms with Crippen molar-refractivity contribution in [3.05, 3.63) is 0 Å². The van der Waals surface area contributed by atoms with Gasteiger partial charge < -0.3 is 30.2 Å². The van der Waals surface area contributed by atoms with Gasteiger partial charge >= 0.3 is 13.6 Å². The van der Waals surface area contributed by atoms with E-state index in [4.69, 9.17) is 30.2 Å². The number of aliphatic hydroxyl groups is 3. The molecule has 0 fully saturated rings. The molecule has 0 spiro atoms. The number of aliphatic carboxylic acids is 1. The highest BCUT2D eigenvalue weighted by Gasteiger charge is 2.11. The lowest BCUT2D eigenvalue weighted by atomic mass is 10.4. The molecule has 0 atom stereocenters. The van der Waals surface area contributed by atoms with Gasteiger partial charge in [-0.15, -0.1) is 0 Å². The molecular formula is C9H23N2O8P. The molecule has 10 nitrogen and oxygen atoms in total. The molecule has 0 heterocycles. The van der Waals surface area contributed by atoms with E-state index in [2.05, 4.69) is 5.32 Å². The quantitative estimate of drug-likeness (QED) is 0.207. The topological polar surface area (TPSA) is 171 Å². The number of rotatable bonds is 10. The normalized spacial score (nSPS) is 11.1. The Labute approximate surface area is 116 Å². The third kappa shape index (κ3) is 19.8. The summed E-state index contributed by atoms with van der Waals surface area (Å²) in [4.78, 5) is 27.9. The molecule has 7 N–H and O–H groups in total. The van der Waals surface area contributed by atoms with E-state index in [9.17, 15) is 9.36 Å². The predicted octanol–water partition coefficient (Wildman–Crippen LogP) is -2.94. The lowest BCUT2D eigenvalue weighted by Crippen LogP contribution is -2.32. The number of hydrogen-bond acceptors (Lipinski definition) is 7. The number of carboxylic acid groups (broad SMARTS) is 1. The smallest absolute Gasteiger partial charge is 0.339 e. The summed E-state index contributed by atoms with van der Waals surface area (Å²) in [5, 5.41) is 35.5. The number of carbonyl (C=O) groups is 1. The van der Waals surface area contributed by atoms with Crippen molar-refractivity contribution in [2.75, 3.05) is 52.3 Å². The Kier molecular flexibility index (Phi) is 14.6. The molecule has 20 heavy (non-hydrogen) atoms. The molecule has 0 bridgehead atoms. The van der Waals surface area contributed by atoms with Crippen LogP contribution in [0, 0.1) is 0 Å². The Morgan fingerprint density at radius 2 is 1.40 bits per heavy atom. The molecule has 0 saturated heterocycles. The standard InChI is InChI=1S/C6H15NO3.C3H8NO5P/c8-4-1-7(2-5-9)3-6-10;5-3(6)1-4-2-10(7,8)9/h8-10H,1-6H2;4H,1-2H2,(H,5,6)(H2,7,8,9). The fourth-order valence-corrected chi connectivity index (χ4v) is 1.47. The van der Waals surface area contributed by atoms with Crippen molar-refractivity contribution in [3.63, 3.8) is 0 Å². The summed E-state index contributed by atoms with van der Waals surface area (Å²) in [6.45, 7) is 1.31. The highest BCUT2D eigenvalue weighted by Crippen LogP contribution is 2.31. The van der Waals surface area contributed by atoms with Gasteiger partial charge in [-0.05, 0) is 0 Å². The first-order valence-electron chi connectivity index (χ1n) is 5.78. The van der Waals surface area contributed by atoms with E-state index >= 15 is 0 Å². The van der Waals surface area contributed by atoms with Gasteiger partial charge in [0.05, 0.1) is 32.7 Å². The molecule has 0 aromatic rings. The maximum Gasteiger partial charge on any atom is 0.339 e. The molecule has 0 rings (SSSR count). The van der Waals surface area contributed by atoms with Crippen LogP contribution in [0.2, 0.25) is 0 Å². The van der Waals surface area contributed by atoms with E-state index in [1.165, 1.54) is 0 Å². The molecule has 0 aromatic heterocycles. The second kappa shape index (κ2) is 13.4. The van der Waals surface area contributed by atoms with Crippen LogP contribution in [0.15, 0.2) is 0 Å². The summed E-state index contributed by atoms with van der Waals surface area (Å²) in [5.41, 5.74) is 0. The van der Waals surface area contributed by atoms with Gasteiger partial charge in [-0.1, -0.05) is 0 Å². The third-order valence-corrected chi connectivity index (χ3v) is 2.48. The van der Waals surface area contributed by atoms with Crippen LogP contribution in [0.3, 0.4) is 0 Å². The summed E-state index contributed by atoms with van der Waals surface area (Å²) >= 11 is 0. The highest BCUT2D eigenvalue weighted by atomic mass is 31.2. The first-order chi connectivity index (χ1) is 9.26. The van der Waals surface area contributed by atoms with E-state index in [0.717, 1.165) is 0 Å². The summed E-state index contributed by atoms with van der Waals surface area (Å²) in [7, 11) is -4.10. The summed E-state index contributed by atoms with van der Waals surface area (Å²) in [6, 6.07) is 0. The third-order valence-electron chi connectivity index (χ3n) is 1.84. The van der Waals surface area contributed by atoms with Gasteiger partial charge in [-0.2, -0.15) is 0 Å². The van der Waals surface area contributed by atoms with Gasteiger partial charge in [0.1, 0.15) is 0 Å². The van der Waals surface area contributed by atoms with Crippen LogP contribution in [0.1, 0.15) is 0 Å². The maximum atomic E-state index is 10.1. The molecule has 0 unspecified atom stereocenters. The van der Waals surface area contributed by atoms with Gasteiger partial charge in [-0.25, -0.2) is 0 Å². The summed E-state index contributed by atoms with van der Waals surface area (Å²) in [6.07, 6.45) is -0.598. The lowest BCUT2D eigenvalue weighted by molar-refractivity contribution is -0.135. The molecule has 0 aliphatic heterocycles. The Morgan fingerprint density at radius 1 is 1.00 bits per heavy atom. The Balaban J connectivity index is 0. The summed E-state index contributed by atoms with van der Waals surface area (Å²) < 4.78 is 10.1. The Morgan fingerprint density at radius 3 is 1.65 bits per heavy atom. The number of hydrogen-bond donors (Lipinski definition) is 7. The van der Waals surface area contributed by atoms with Crippen LogP contribution >= 0.6 is 7.60 Å². The highest BCUT2D eigenvalue weighted by molar-refractivity contribution is 7.51. The first kappa shape index (κ1) is 21.7. The largest absolute Gasteiger partial charge is 0.480 e. The zero-order valence-electron chi connectivity index (χ0n) is 11.1. The Bertz CT molecular complexity index is 271. The second-order valence-corrected chi connectivity index (χ2v) is 5.30. The first-order valence-corrected chi connectivity index (χ1v) is 7.58. The monoisotopic (exact) mass is 318 g/mol. The van der Waals surface area contributed by atoms with Crippen molar-refractivity contribution >= 4 is 13.6 Å². The van der Waals surface area contributed by atoms with E-state index in [-0.39, 0.29) is 19.8 Å². The SMILES string of the molecule is O=C(O)CNCP(=O)(O)O.OCCN(CCO)CCO. The molecule has 0 saturated carbocycles. The van der Waals surface area contributed by atoms with Crippen LogP contribution in [0.5, 0.6) is 0 Å². The number of nitrogens with one attached hydrogen (secondary N) is 1. The zero-order valence-corrected chi connectivity index (χ0v) is 11.9. The zero-order chi connectivity index (χ0) is 16.0. The van der Waals surface area contributed by atoms with Crippen LogP contribution in [-0.2, 0) is 9.36 Å². The molecule has 0 aliphatic carbocycles. The molecule has 0 amide bonds. The fourth-order valence-electron chi connectivity index (χ4n) is 1.07. The van der Waals surface area contributed by atoms with E-state index in [1.54, 1.807) is 4.90 Å². The van der Waals surface area contributed by atoms with E-state index in [1.807, 2.05) is 0 Å². The van der Waals surface area contributed by atoms with Crippen LogP contribution in [0.25, 0.3) is 0 Å². The lowest BCUT2D eigenvalue weighted by Gasteiger charge is -2.17. The molecular weight excluding hydrogens is 295 g/mol. The minimum absolute atomic E-state index is 0.0694. The van der Waals surface area contributed by atoms with Gasteiger partial charge in [0.25, 0.3) is 0 Å². The molecule has 0 aromatic carbocycles. The van der Waals surface area contributed by atoms with Gasteiger partial charge in [0.2, 0.25) is 0 Å². The van der Waals surface area contributed by atoms with Crippen LogP contribution in [-0.4, -0.2) is 93.4 Å². The van der Waals surface area contributed by atoms with Gasteiger partial charge in [0.15, 0.2) is 0 Å². The van der Waals surface area contributed by atoms with Crippen molar-refractivity contribution in [3.8, 4) is 0 Å². The van der Waals surface area contributed by atoms with Crippen molar-refractivity contribution in [2.45, 2.75) is 0 Å². The number of nitrogens with zero attached hydrogens (tertiary/aromatic N) is 1. The minimum Gasteiger partial charge on any atom is -0.480 e. The van der Waals surface area contributed by atoms with Crippen molar-refractivity contribution in [2.24, 2.45) is 0 Å². The minimum atomic E-state index is -4.10. The van der Waals surface area contributed by atoms with E-state index in [0.29, 0.717) is 19.6 Å².